The van der Waals surface area contributed by atoms with Crippen LogP contribution in [0.5, 0.6) is 11.5 Å². The predicted octanol–water partition coefficient (Wildman–Crippen LogP) is 4.62. The van der Waals surface area contributed by atoms with E-state index in [2.05, 4.69) is 15.3 Å². The topological polar surface area (TPSA) is 56.3 Å². The quantitative estimate of drug-likeness (QED) is 0.682. The van der Waals surface area contributed by atoms with Gasteiger partial charge in [-0.1, -0.05) is 11.6 Å². The van der Waals surface area contributed by atoms with Crippen molar-refractivity contribution >= 4 is 33.8 Å². The summed E-state index contributed by atoms with van der Waals surface area (Å²) in [5.41, 5.74) is 2.57. The number of benzene rings is 1. The molecule has 2 aromatic heterocycles. The average Bonchev–Trinajstić information content (AvgIpc) is 3.04. The molecule has 0 bridgehead atoms. The van der Waals surface area contributed by atoms with Gasteiger partial charge in [0, 0.05) is 17.0 Å². The molecule has 0 aliphatic heterocycles. The van der Waals surface area contributed by atoms with E-state index in [-0.39, 0.29) is 0 Å². The van der Waals surface area contributed by atoms with Crippen molar-refractivity contribution in [2.75, 3.05) is 19.5 Å². The van der Waals surface area contributed by atoms with Crippen LogP contribution >= 0.6 is 22.9 Å². The predicted molar refractivity (Wildman–Crippen MR) is 93.2 cm³/mol. The summed E-state index contributed by atoms with van der Waals surface area (Å²) in [7, 11) is 3.25. The van der Waals surface area contributed by atoms with Crippen molar-refractivity contribution < 1.29 is 9.47 Å². The average molecular weight is 348 g/mol. The van der Waals surface area contributed by atoms with Crippen LogP contribution < -0.4 is 14.8 Å². The first-order valence-corrected chi connectivity index (χ1v) is 8.02. The lowest BCUT2D eigenvalue weighted by Crippen LogP contribution is -1.92. The molecule has 0 radical (unpaired) electrons. The molecule has 0 spiro atoms. The highest BCUT2D eigenvalue weighted by molar-refractivity contribution is 7.14. The van der Waals surface area contributed by atoms with E-state index in [1.165, 1.54) is 11.3 Å². The molecule has 0 aliphatic carbocycles. The molecule has 0 saturated heterocycles. The third kappa shape index (κ3) is 3.55. The minimum absolute atomic E-state index is 0.457. The summed E-state index contributed by atoms with van der Waals surface area (Å²) >= 11 is 7.28. The molecule has 0 unspecified atom stereocenters. The Hall–Kier alpha value is -2.31. The Morgan fingerprint density at radius 1 is 1.13 bits per heavy atom. The lowest BCUT2D eigenvalue weighted by Gasteiger charge is -2.08. The van der Waals surface area contributed by atoms with E-state index in [9.17, 15) is 0 Å². The fourth-order valence-electron chi connectivity index (χ4n) is 2.04. The third-order valence-corrected chi connectivity index (χ3v) is 4.15. The van der Waals surface area contributed by atoms with E-state index in [1.807, 2.05) is 29.6 Å². The van der Waals surface area contributed by atoms with Gasteiger partial charge in [-0.3, -0.25) is 0 Å². The molecule has 118 valence electrons. The second-order valence-corrected chi connectivity index (χ2v) is 5.84. The Kier molecular flexibility index (Phi) is 4.64. The van der Waals surface area contributed by atoms with Gasteiger partial charge in [-0.15, -0.1) is 11.3 Å². The molecule has 0 atom stereocenters. The number of aromatic nitrogens is 2. The van der Waals surface area contributed by atoms with Crippen LogP contribution in [0.3, 0.4) is 0 Å². The molecule has 5 nitrogen and oxygen atoms in total. The number of halogens is 1. The first-order valence-electron chi connectivity index (χ1n) is 6.76. The number of hydrogen-bond acceptors (Lipinski definition) is 6. The van der Waals surface area contributed by atoms with Gasteiger partial charge >= 0.3 is 0 Å². The number of hydrogen-bond donors (Lipinski definition) is 1. The maximum absolute atomic E-state index is 5.78. The summed E-state index contributed by atoms with van der Waals surface area (Å²) < 4.78 is 10.6. The van der Waals surface area contributed by atoms with Gasteiger partial charge in [-0.25, -0.2) is 9.97 Å². The van der Waals surface area contributed by atoms with Gasteiger partial charge in [0.15, 0.2) is 5.13 Å². The molecule has 3 rings (SSSR count). The molecule has 3 aromatic rings. The van der Waals surface area contributed by atoms with Crippen LogP contribution in [0, 0.1) is 0 Å². The van der Waals surface area contributed by atoms with Crippen molar-refractivity contribution in [2.24, 2.45) is 0 Å². The normalized spacial score (nSPS) is 10.4. The molecular formula is C16H14ClN3O2S. The van der Waals surface area contributed by atoms with Crippen LogP contribution in [-0.2, 0) is 0 Å². The molecule has 1 aromatic carbocycles. The van der Waals surface area contributed by atoms with Crippen LogP contribution in [-0.4, -0.2) is 24.2 Å². The number of nitrogens with zero attached hydrogens (tertiary/aromatic N) is 2. The highest BCUT2D eigenvalue weighted by Crippen LogP contribution is 2.35. The van der Waals surface area contributed by atoms with Gasteiger partial charge in [-0.2, -0.15) is 0 Å². The maximum Gasteiger partial charge on any atom is 0.187 e. The van der Waals surface area contributed by atoms with Crippen molar-refractivity contribution in [2.45, 2.75) is 0 Å². The van der Waals surface area contributed by atoms with Crippen molar-refractivity contribution in [3.05, 3.63) is 47.1 Å². The van der Waals surface area contributed by atoms with E-state index in [1.54, 1.807) is 26.5 Å². The lowest BCUT2D eigenvalue weighted by atomic mass is 10.1. The molecule has 23 heavy (non-hydrogen) atoms. The van der Waals surface area contributed by atoms with Gasteiger partial charge in [-0.05, 0) is 24.3 Å². The highest BCUT2D eigenvalue weighted by Gasteiger charge is 2.11. The van der Waals surface area contributed by atoms with Crippen molar-refractivity contribution in [1.29, 1.82) is 0 Å². The van der Waals surface area contributed by atoms with Crippen molar-refractivity contribution in [3.8, 4) is 22.8 Å². The molecule has 2 heterocycles. The molecule has 0 amide bonds. The SMILES string of the molecule is COc1ccc(-c2csc(Nc3ccc(Cl)nc3)n2)c(OC)c1. The molecule has 0 aliphatic rings. The standard InChI is InChI=1S/C16H14ClN3O2S/c1-21-11-4-5-12(14(7-11)22-2)13-9-23-16(20-13)19-10-3-6-15(17)18-8-10/h3-9H,1-2H3,(H,19,20). The number of pyridine rings is 1. The second-order valence-electron chi connectivity index (χ2n) is 4.60. The van der Waals surface area contributed by atoms with Gasteiger partial charge in [0.05, 0.1) is 31.8 Å². The fourth-order valence-corrected chi connectivity index (χ4v) is 2.88. The van der Waals surface area contributed by atoms with Crippen LogP contribution in [0.1, 0.15) is 0 Å². The van der Waals surface area contributed by atoms with Crippen LogP contribution in [0.25, 0.3) is 11.3 Å². The van der Waals surface area contributed by atoms with E-state index in [0.29, 0.717) is 10.9 Å². The summed E-state index contributed by atoms with van der Waals surface area (Å²) in [4.78, 5) is 8.62. The Labute approximate surface area is 142 Å². The van der Waals surface area contributed by atoms with Crippen LogP contribution in [0.2, 0.25) is 5.15 Å². The second kappa shape index (κ2) is 6.85. The third-order valence-electron chi connectivity index (χ3n) is 3.17. The van der Waals surface area contributed by atoms with Crippen LogP contribution in [0.15, 0.2) is 41.9 Å². The Morgan fingerprint density at radius 3 is 2.70 bits per heavy atom. The van der Waals surface area contributed by atoms with E-state index < -0.39 is 0 Å². The monoisotopic (exact) mass is 347 g/mol. The summed E-state index contributed by atoms with van der Waals surface area (Å²) in [5, 5.41) is 6.39. The molecular weight excluding hydrogens is 334 g/mol. The summed E-state index contributed by atoms with van der Waals surface area (Å²) in [6.45, 7) is 0. The zero-order chi connectivity index (χ0) is 16.2. The summed E-state index contributed by atoms with van der Waals surface area (Å²) in [6.07, 6.45) is 1.66. The lowest BCUT2D eigenvalue weighted by molar-refractivity contribution is 0.395. The van der Waals surface area contributed by atoms with E-state index >= 15 is 0 Å². The first kappa shape index (κ1) is 15.6. The Balaban J connectivity index is 1.85. The van der Waals surface area contributed by atoms with E-state index in [0.717, 1.165) is 27.8 Å². The molecule has 1 N–H and O–H groups in total. The van der Waals surface area contributed by atoms with Gasteiger partial charge < -0.3 is 14.8 Å². The maximum atomic E-state index is 5.78. The zero-order valence-corrected chi connectivity index (χ0v) is 14.1. The van der Waals surface area contributed by atoms with E-state index in [4.69, 9.17) is 21.1 Å². The Morgan fingerprint density at radius 2 is 2.00 bits per heavy atom. The summed E-state index contributed by atoms with van der Waals surface area (Å²) in [5.74, 6) is 1.46. The van der Waals surface area contributed by atoms with Crippen molar-refractivity contribution in [3.63, 3.8) is 0 Å². The number of nitrogens with one attached hydrogen (secondary N) is 1. The number of methoxy groups -OCH3 is 2. The smallest absolute Gasteiger partial charge is 0.187 e. The molecule has 0 saturated carbocycles. The van der Waals surface area contributed by atoms with Crippen LogP contribution in [0.4, 0.5) is 10.8 Å². The highest BCUT2D eigenvalue weighted by atomic mass is 35.5. The van der Waals surface area contributed by atoms with Gasteiger partial charge in [0.2, 0.25) is 0 Å². The molecule has 7 heteroatoms. The molecule has 0 fully saturated rings. The zero-order valence-electron chi connectivity index (χ0n) is 12.5. The Bertz CT molecular complexity index is 805. The number of rotatable bonds is 5. The summed E-state index contributed by atoms with van der Waals surface area (Å²) in [6, 6.07) is 9.23. The first-order chi connectivity index (χ1) is 11.2. The van der Waals surface area contributed by atoms with Crippen molar-refractivity contribution in [1.82, 2.24) is 9.97 Å². The minimum Gasteiger partial charge on any atom is -0.497 e. The minimum atomic E-state index is 0.457. The number of anilines is 2. The van der Waals surface area contributed by atoms with Gasteiger partial charge in [0.25, 0.3) is 0 Å². The van der Waals surface area contributed by atoms with Gasteiger partial charge in [0.1, 0.15) is 16.7 Å². The fraction of sp³-hybridized carbons (Fsp3) is 0.125. The number of ether oxygens (including phenoxy) is 2. The number of thiazole rings is 1. The largest absolute Gasteiger partial charge is 0.497 e.